The Labute approximate surface area is 159 Å². The van der Waals surface area contributed by atoms with Gasteiger partial charge in [0.15, 0.2) is 11.7 Å². The summed E-state index contributed by atoms with van der Waals surface area (Å²) in [4.78, 5) is 16.4. The van der Waals surface area contributed by atoms with Crippen molar-refractivity contribution in [1.82, 2.24) is 10.3 Å². The van der Waals surface area contributed by atoms with Crippen LogP contribution < -0.4 is 5.32 Å². The van der Waals surface area contributed by atoms with Crippen molar-refractivity contribution in [3.8, 4) is 11.3 Å². The number of hydrogen-bond donors (Lipinski definition) is 1. The summed E-state index contributed by atoms with van der Waals surface area (Å²) in [6, 6.07) is 13.6. The average molecular weight is 417 g/mol. The molecule has 0 unspecified atom stereocenters. The summed E-state index contributed by atoms with van der Waals surface area (Å²) >= 11 is 3.39. The van der Waals surface area contributed by atoms with Crippen LogP contribution in [0.15, 0.2) is 63.6 Å². The van der Waals surface area contributed by atoms with E-state index in [2.05, 4.69) is 26.2 Å². The van der Waals surface area contributed by atoms with Crippen LogP contribution in [-0.4, -0.2) is 10.9 Å². The highest BCUT2D eigenvalue weighted by atomic mass is 79.9. The molecule has 1 amide bonds. The Hall–Kier alpha value is -2.47. The summed E-state index contributed by atoms with van der Waals surface area (Å²) in [6.45, 7) is 1.86. The molecule has 0 spiro atoms. The number of nitrogens with one attached hydrogen (secondary N) is 1. The number of nitrogens with zero attached hydrogens (tertiary/aromatic N) is 1. The highest BCUT2D eigenvalue weighted by molar-refractivity contribution is 9.10. The van der Waals surface area contributed by atoms with Crippen LogP contribution in [0.3, 0.4) is 0 Å². The highest BCUT2D eigenvalue weighted by Crippen LogP contribution is 2.23. The zero-order chi connectivity index (χ0) is 18.5. The molecule has 1 heterocycles. The Morgan fingerprint density at radius 3 is 2.58 bits per heavy atom. The van der Waals surface area contributed by atoms with Gasteiger partial charge in [-0.3, -0.25) is 4.79 Å². The second kappa shape index (κ2) is 8.27. The molecule has 134 valence electrons. The molecule has 0 bridgehead atoms. The van der Waals surface area contributed by atoms with Crippen LogP contribution >= 0.6 is 15.9 Å². The van der Waals surface area contributed by atoms with Crippen molar-refractivity contribution in [3.63, 3.8) is 0 Å². The van der Waals surface area contributed by atoms with Gasteiger partial charge < -0.3 is 9.73 Å². The van der Waals surface area contributed by atoms with Crippen LogP contribution in [0.2, 0.25) is 0 Å². The van der Waals surface area contributed by atoms with Crippen molar-refractivity contribution in [2.24, 2.45) is 0 Å². The first kappa shape index (κ1) is 18.3. The van der Waals surface area contributed by atoms with Crippen molar-refractivity contribution in [1.29, 1.82) is 0 Å². The molecular weight excluding hydrogens is 399 g/mol. The predicted octanol–water partition coefficient (Wildman–Crippen LogP) is 5.05. The Morgan fingerprint density at radius 2 is 1.88 bits per heavy atom. The third-order valence-electron chi connectivity index (χ3n) is 4.00. The Balaban J connectivity index is 1.53. The number of benzene rings is 2. The maximum absolute atomic E-state index is 13.0. The van der Waals surface area contributed by atoms with Gasteiger partial charge in [-0.1, -0.05) is 40.2 Å². The van der Waals surface area contributed by atoms with Crippen molar-refractivity contribution in [2.75, 3.05) is 0 Å². The minimum absolute atomic E-state index is 0.106. The second-order valence-electron chi connectivity index (χ2n) is 5.97. The van der Waals surface area contributed by atoms with Crippen LogP contribution in [0, 0.1) is 5.82 Å². The van der Waals surface area contributed by atoms with Crippen molar-refractivity contribution < 1.29 is 13.6 Å². The SMILES string of the molecule is C[C@@H](NC(=O)CCc1ncc(-c2ccc(Br)cc2)o1)c1ccc(F)cc1. The summed E-state index contributed by atoms with van der Waals surface area (Å²) in [5.74, 6) is 0.794. The van der Waals surface area contributed by atoms with E-state index in [1.54, 1.807) is 18.3 Å². The molecule has 0 aliphatic rings. The molecule has 26 heavy (non-hydrogen) atoms. The van der Waals surface area contributed by atoms with Crippen molar-refractivity contribution in [2.45, 2.75) is 25.8 Å². The van der Waals surface area contributed by atoms with Crippen molar-refractivity contribution in [3.05, 3.63) is 76.5 Å². The van der Waals surface area contributed by atoms with Crippen LogP contribution in [0.5, 0.6) is 0 Å². The summed E-state index contributed by atoms with van der Waals surface area (Å²) < 4.78 is 19.7. The molecule has 4 nitrogen and oxygen atoms in total. The number of amides is 1. The molecule has 0 aliphatic carbocycles. The molecule has 2 aromatic carbocycles. The molecule has 1 atom stereocenters. The standard InChI is InChI=1S/C20H18BrFN2O2/c1-13(14-4-8-17(22)9-5-14)24-19(25)10-11-20-23-12-18(26-20)15-2-6-16(21)7-3-15/h2-9,12-13H,10-11H2,1H3,(H,24,25)/t13-/m1/s1. The van der Waals surface area contributed by atoms with Gasteiger partial charge in [0.05, 0.1) is 12.2 Å². The summed E-state index contributed by atoms with van der Waals surface area (Å²) in [7, 11) is 0. The van der Waals surface area contributed by atoms with E-state index in [9.17, 15) is 9.18 Å². The third kappa shape index (κ3) is 4.79. The lowest BCUT2D eigenvalue weighted by Crippen LogP contribution is -2.26. The molecular formula is C20H18BrFN2O2. The number of carbonyl (C=O) groups is 1. The number of aromatic nitrogens is 1. The molecule has 1 N–H and O–H groups in total. The van der Waals surface area contributed by atoms with Gasteiger partial charge in [-0.2, -0.15) is 0 Å². The molecule has 0 radical (unpaired) electrons. The number of hydrogen-bond acceptors (Lipinski definition) is 3. The van der Waals surface area contributed by atoms with Crippen LogP contribution in [0.25, 0.3) is 11.3 Å². The minimum Gasteiger partial charge on any atom is -0.441 e. The maximum atomic E-state index is 13.0. The number of carbonyl (C=O) groups excluding carboxylic acids is 1. The van der Waals surface area contributed by atoms with E-state index in [0.29, 0.717) is 18.1 Å². The molecule has 0 saturated carbocycles. The Morgan fingerprint density at radius 1 is 1.19 bits per heavy atom. The second-order valence-corrected chi connectivity index (χ2v) is 6.88. The normalized spacial score (nSPS) is 12.0. The van der Waals surface area contributed by atoms with E-state index >= 15 is 0 Å². The maximum Gasteiger partial charge on any atom is 0.220 e. The molecule has 0 aliphatic heterocycles. The minimum atomic E-state index is -0.294. The van der Waals surface area contributed by atoms with E-state index in [1.807, 2.05) is 31.2 Å². The van der Waals surface area contributed by atoms with E-state index < -0.39 is 0 Å². The third-order valence-corrected chi connectivity index (χ3v) is 4.52. The van der Waals surface area contributed by atoms with Gasteiger partial charge in [0, 0.05) is 22.9 Å². The quantitative estimate of drug-likeness (QED) is 0.611. The summed E-state index contributed by atoms with van der Waals surface area (Å²) in [5.41, 5.74) is 1.79. The zero-order valence-electron chi connectivity index (χ0n) is 14.2. The van der Waals surface area contributed by atoms with Gasteiger partial charge in [-0.25, -0.2) is 9.37 Å². The van der Waals surface area contributed by atoms with E-state index in [1.165, 1.54) is 12.1 Å². The average Bonchev–Trinajstić information content (AvgIpc) is 3.10. The topological polar surface area (TPSA) is 55.1 Å². The van der Waals surface area contributed by atoms with Gasteiger partial charge >= 0.3 is 0 Å². The van der Waals surface area contributed by atoms with Crippen LogP contribution in [-0.2, 0) is 11.2 Å². The van der Waals surface area contributed by atoms with E-state index in [0.717, 1.165) is 15.6 Å². The smallest absolute Gasteiger partial charge is 0.220 e. The first-order valence-corrected chi connectivity index (χ1v) is 9.06. The summed E-state index contributed by atoms with van der Waals surface area (Å²) in [5, 5.41) is 2.89. The Bertz CT molecular complexity index is 876. The molecule has 1 aromatic heterocycles. The van der Waals surface area contributed by atoms with Gasteiger partial charge in [0.25, 0.3) is 0 Å². The van der Waals surface area contributed by atoms with Gasteiger partial charge in [-0.05, 0) is 36.8 Å². The molecule has 3 aromatic rings. The predicted molar refractivity (Wildman–Crippen MR) is 101 cm³/mol. The lowest BCUT2D eigenvalue weighted by molar-refractivity contribution is -0.121. The first-order chi connectivity index (χ1) is 12.5. The van der Waals surface area contributed by atoms with Gasteiger partial charge in [-0.15, -0.1) is 0 Å². The van der Waals surface area contributed by atoms with Crippen LogP contribution in [0.4, 0.5) is 4.39 Å². The number of oxazole rings is 1. The largest absolute Gasteiger partial charge is 0.441 e. The highest BCUT2D eigenvalue weighted by Gasteiger charge is 2.12. The number of rotatable bonds is 6. The van der Waals surface area contributed by atoms with E-state index in [4.69, 9.17) is 4.42 Å². The van der Waals surface area contributed by atoms with Gasteiger partial charge in [0.1, 0.15) is 5.82 Å². The fraction of sp³-hybridized carbons (Fsp3) is 0.200. The fourth-order valence-corrected chi connectivity index (χ4v) is 2.81. The number of aryl methyl sites for hydroxylation is 1. The Kier molecular flexibility index (Phi) is 5.83. The monoisotopic (exact) mass is 416 g/mol. The zero-order valence-corrected chi connectivity index (χ0v) is 15.8. The molecule has 0 fully saturated rings. The van der Waals surface area contributed by atoms with Gasteiger partial charge in [0.2, 0.25) is 5.91 Å². The summed E-state index contributed by atoms with van der Waals surface area (Å²) in [6.07, 6.45) is 2.35. The molecule has 3 rings (SSSR count). The molecule has 0 saturated heterocycles. The lowest BCUT2D eigenvalue weighted by Gasteiger charge is -2.14. The number of halogens is 2. The lowest BCUT2D eigenvalue weighted by atomic mass is 10.1. The van der Waals surface area contributed by atoms with Crippen LogP contribution in [0.1, 0.15) is 30.8 Å². The first-order valence-electron chi connectivity index (χ1n) is 8.27. The van der Waals surface area contributed by atoms with Crippen molar-refractivity contribution >= 4 is 21.8 Å². The molecule has 6 heteroatoms. The van der Waals surface area contributed by atoms with E-state index in [-0.39, 0.29) is 24.2 Å². The fourth-order valence-electron chi connectivity index (χ4n) is 2.54.